The van der Waals surface area contributed by atoms with E-state index in [4.69, 9.17) is 21.1 Å². The molecule has 0 spiro atoms. The van der Waals surface area contributed by atoms with E-state index in [1.165, 1.54) is 11.3 Å². The molecule has 0 unspecified atom stereocenters. The fourth-order valence-corrected chi connectivity index (χ4v) is 3.86. The predicted molar refractivity (Wildman–Crippen MR) is 104 cm³/mol. The molecular formula is C19H18ClNO3S. The number of hydrogen-bond acceptors (Lipinski definition) is 4. The molecule has 0 bridgehead atoms. The largest absolute Gasteiger partial charge is 0.497 e. The first-order valence-electron chi connectivity index (χ1n) is 7.82. The number of benzene rings is 2. The molecule has 130 valence electrons. The van der Waals surface area contributed by atoms with Crippen LogP contribution in [0.2, 0.25) is 5.02 Å². The minimum absolute atomic E-state index is 0.0124. The Morgan fingerprint density at radius 1 is 1.20 bits per heavy atom. The molecule has 1 N–H and O–H groups in total. The Balaban J connectivity index is 1.92. The molecule has 0 fully saturated rings. The maximum Gasteiger partial charge on any atom is 0.267 e. The number of amides is 1. The van der Waals surface area contributed by atoms with Gasteiger partial charge in [0.05, 0.1) is 23.9 Å². The third-order valence-corrected chi connectivity index (χ3v) is 5.20. The molecule has 0 radical (unpaired) electrons. The Morgan fingerprint density at radius 2 is 1.96 bits per heavy atom. The van der Waals surface area contributed by atoms with E-state index in [2.05, 4.69) is 5.32 Å². The standard InChI is InChI=1S/C19H18ClNO3S/c1-11(2)24-15-7-5-4-6-14(15)21-19(22)18-17(20)13-9-8-12(23-3)10-16(13)25-18/h4-11H,1-3H3,(H,21,22). The van der Waals surface area contributed by atoms with Crippen LogP contribution in [0.25, 0.3) is 10.1 Å². The van der Waals surface area contributed by atoms with E-state index < -0.39 is 0 Å². The summed E-state index contributed by atoms with van der Waals surface area (Å²) in [4.78, 5) is 13.2. The Bertz CT molecular complexity index is 920. The zero-order valence-electron chi connectivity index (χ0n) is 14.1. The highest BCUT2D eigenvalue weighted by molar-refractivity contribution is 7.21. The van der Waals surface area contributed by atoms with Crippen LogP contribution in [-0.2, 0) is 0 Å². The maximum atomic E-state index is 12.7. The Kier molecular flexibility index (Phi) is 5.16. The lowest BCUT2D eigenvalue weighted by Gasteiger charge is -2.14. The molecule has 0 aliphatic carbocycles. The van der Waals surface area contributed by atoms with Crippen molar-refractivity contribution in [2.75, 3.05) is 12.4 Å². The van der Waals surface area contributed by atoms with Crippen molar-refractivity contribution in [3.63, 3.8) is 0 Å². The highest BCUT2D eigenvalue weighted by atomic mass is 35.5. The quantitative estimate of drug-likeness (QED) is 0.631. The summed E-state index contributed by atoms with van der Waals surface area (Å²) < 4.78 is 11.9. The summed E-state index contributed by atoms with van der Waals surface area (Å²) in [6.45, 7) is 3.88. The fraction of sp³-hybridized carbons (Fsp3) is 0.211. The number of anilines is 1. The molecule has 3 aromatic rings. The van der Waals surface area contributed by atoms with E-state index in [0.717, 1.165) is 15.8 Å². The fourth-order valence-electron chi connectivity index (χ4n) is 2.42. The van der Waals surface area contributed by atoms with Crippen molar-refractivity contribution in [3.05, 3.63) is 52.4 Å². The molecule has 6 heteroatoms. The highest BCUT2D eigenvalue weighted by Crippen LogP contribution is 2.38. The molecule has 0 aliphatic rings. The molecule has 1 amide bonds. The number of halogens is 1. The summed E-state index contributed by atoms with van der Waals surface area (Å²) in [6.07, 6.45) is 0.0124. The summed E-state index contributed by atoms with van der Waals surface area (Å²) in [5.74, 6) is 1.10. The zero-order valence-corrected chi connectivity index (χ0v) is 15.7. The van der Waals surface area contributed by atoms with Gasteiger partial charge in [-0.05, 0) is 44.2 Å². The van der Waals surface area contributed by atoms with Gasteiger partial charge >= 0.3 is 0 Å². The van der Waals surface area contributed by atoms with Crippen molar-refractivity contribution < 1.29 is 14.3 Å². The van der Waals surface area contributed by atoms with Gasteiger partial charge in [-0.3, -0.25) is 4.79 Å². The second-order valence-corrected chi connectivity index (χ2v) is 7.15. The van der Waals surface area contributed by atoms with Crippen molar-refractivity contribution in [1.29, 1.82) is 0 Å². The highest BCUT2D eigenvalue weighted by Gasteiger charge is 2.19. The van der Waals surface area contributed by atoms with Crippen LogP contribution in [0.4, 0.5) is 5.69 Å². The van der Waals surface area contributed by atoms with Gasteiger partial charge in [0.15, 0.2) is 0 Å². The number of fused-ring (bicyclic) bond motifs is 1. The van der Waals surface area contributed by atoms with Crippen LogP contribution in [0, 0.1) is 0 Å². The molecule has 3 rings (SSSR count). The average Bonchev–Trinajstić information content (AvgIpc) is 2.92. The van der Waals surface area contributed by atoms with Crippen molar-refractivity contribution in [1.82, 2.24) is 0 Å². The second kappa shape index (κ2) is 7.33. The van der Waals surface area contributed by atoms with E-state index in [-0.39, 0.29) is 12.0 Å². The molecule has 0 atom stereocenters. The molecule has 0 aliphatic heterocycles. The minimum atomic E-state index is -0.259. The first-order chi connectivity index (χ1) is 12.0. The second-order valence-electron chi connectivity index (χ2n) is 5.72. The molecule has 0 saturated carbocycles. The number of ether oxygens (including phenoxy) is 2. The Hall–Kier alpha value is -2.24. The van der Waals surface area contributed by atoms with E-state index >= 15 is 0 Å². The summed E-state index contributed by atoms with van der Waals surface area (Å²) in [5, 5.41) is 4.18. The number of nitrogens with one attached hydrogen (secondary N) is 1. The number of para-hydroxylation sites is 2. The summed E-state index contributed by atoms with van der Waals surface area (Å²) in [7, 11) is 1.61. The van der Waals surface area contributed by atoms with Gasteiger partial charge in [-0.15, -0.1) is 11.3 Å². The summed E-state index contributed by atoms with van der Waals surface area (Å²) in [5.41, 5.74) is 0.618. The van der Waals surface area contributed by atoms with Gasteiger partial charge in [0.1, 0.15) is 16.4 Å². The van der Waals surface area contributed by atoms with Gasteiger partial charge in [-0.1, -0.05) is 23.7 Å². The Morgan fingerprint density at radius 3 is 2.68 bits per heavy atom. The maximum absolute atomic E-state index is 12.7. The van der Waals surface area contributed by atoms with Gasteiger partial charge in [0.25, 0.3) is 5.91 Å². The molecular weight excluding hydrogens is 358 g/mol. The van der Waals surface area contributed by atoms with Gasteiger partial charge < -0.3 is 14.8 Å². The minimum Gasteiger partial charge on any atom is -0.497 e. The number of carbonyl (C=O) groups is 1. The number of thiophene rings is 1. The molecule has 4 nitrogen and oxygen atoms in total. The average molecular weight is 376 g/mol. The lowest BCUT2D eigenvalue weighted by atomic mass is 10.2. The van der Waals surface area contributed by atoms with Crippen molar-refractivity contribution >= 4 is 44.6 Å². The van der Waals surface area contributed by atoms with E-state index in [1.807, 2.05) is 50.2 Å². The third kappa shape index (κ3) is 3.72. The lowest BCUT2D eigenvalue weighted by molar-refractivity contribution is 0.103. The van der Waals surface area contributed by atoms with Crippen LogP contribution in [0.1, 0.15) is 23.5 Å². The molecule has 25 heavy (non-hydrogen) atoms. The SMILES string of the molecule is COc1ccc2c(Cl)c(C(=O)Nc3ccccc3OC(C)C)sc2c1. The van der Waals surface area contributed by atoms with Crippen molar-refractivity contribution in [2.24, 2.45) is 0 Å². The van der Waals surface area contributed by atoms with Crippen LogP contribution < -0.4 is 14.8 Å². The number of rotatable bonds is 5. The van der Waals surface area contributed by atoms with Crippen LogP contribution in [0.5, 0.6) is 11.5 Å². The first kappa shape index (κ1) is 17.6. The van der Waals surface area contributed by atoms with Gasteiger partial charge in [0, 0.05) is 10.1 Å². The number of methoxy groups -OCH3 is 1. The first-order valence-corrected chi connectivity index (χ1v) is 9.02. The van der Waals surface area contributed by atoms with Crippen LogP contribution in [0.15, 0.2) is 42.5 Å². The van der Waals surface area contributed by atoms with E-state index in [0.29, 0.717) is 21.3 Å². The van der Waals surface area contributed by atoms with Crippen LogP contribution in [0.3, 0.4) is 0 Å². The smallest absolute Gasteiger partial charge is 0.267 e. The lowest BCUT2D eigenvalue weighted by Crippen LogP contribution is -2.13. The predicted octanol–water partition coefficient (Wildman–Crippen LogP) is 5.60. The van der Waals surface area contributed by atoms with Gasteiger partial charge in [0.2, 0.25) is 0 Å². The van der Waals surface area contributed by atoms with Crippen LogP contribution in [-0.4, -0.2) is 19.1 Å². The normalized spacial score (nSPS) is 10.9. The summed E-state index contributed by atoms with van der Waals surface area (Å²) >= 11 is 7.75. The van der Waals surface area contributed by atoms with Crippen LogP contribution >= 0.6 is 22.9 Å². The monoisotopic (exact) mass is 375 g/mol. The number of carbonyl (C=O) groups excluding carboxylic acids is 1. The van der Waals surface area contributed by atoms with Crippen molar-refractivity contribution in [3.8, 4) is 11.5 Å². The molecule has 2 aromatic carbocycles. The molecule has 1 aromatic heterocycles. The molecule has 1 heterocycles. The third-order valence-electron chi connectivity index (χ3n) is 3.54. The van der Waals surface area contributed by atoms with Crippen molar-refractivity contribution in [2.45, 2.75) is 20.0 Å². The van der Waals surface area contributed by atoms with Gasteiger partial charge in [-0.2, -0.15) is 0 Å². The topological polar surface area (TPSA) is 47.6 Å². The number of hydrogen-bond donors (Lipinski definition) is 1. The molecule has 0 saturated heterocycles. The van der Waals surface area contributed by atoms with E-state index in [9.17, 15) is 4.79 Å². The van der Waals surface area contributed by atoms with E-state index in [1.54, 1.807) is 13.2 Å². The zero-order chi connectivity index (χ0) is 18.0. The van der Waals surface area contributed by atoms with Gasteiger partial charge in [-0.25, -0.2) is 0 Å². The Labute approximate surface area is 155 Å². The summed E-state index contributed by atoms with van der Waals surface area (Å²) in [6, 6.07) is 12.9.